The fourth-order valence-corrected chi connectivity index (χ4v) is 2.83. The second-order valence-corrected chi connectivity index (χ2v) is 7.51. The van der Waals surface area contributed by atoms with Crippen molar-refractivity contribution in [2.75, 3.05) is 7.11 Å². The number of pyridine rings is 1. The molecule has 3 nitrogen and oxygen atoms in total. The summed E-state index contributed by atoms with van der Waals surface area (Å²) >= 11 is 2.28. The summed E-state index contributed by atoms with van der Waals surface area (Å²) in [5.74, 6) is 1.60. The second kappa shape index (κ2) is 7.93. The molecule has 0 spiro atoms. The molecule has 1 unspecified atom stereocenters. The number of ether oxygens (including phenoxy) is 2. The Hall–Kier alpha value is -1.40. The summed E-state index contributed by atoms with van der Waals surface area (Å²) in [6.07, 6.45) is 5.40. The first-order chi connectivity index (χ1) is 10.9. The molecular weight excluding hydrogens is 401 g/mol. The summed E-state index contributed by atoms with van der Waals surface area (Å²) in [7, 11) is 1.71. The number of rotatable bonds is 5. The van der Waals surface area contributed by atoms with Crippen molar-refractivity contribution in [2.45, 2.75) is 26.9 Å². The van der Waals surface area contributed by atoms with Crippen molar-refractivity contribution in [2.24, 2.45) is 5.41 Å². The van der Waals surface area contributed by atoms with Crippen molar-refractivity contribution in [1.82, 2.24) is 4.98 Å². The van der Waals surface area contributed by atoms with Gasteiger partial charge in [-0.1, -0.05) is 39.0 Å². The third-order valence-corrected chi connectivity index (χ3v) is 4.23. The van der Waals surface area contributed by atoms with Crippen molar-refractivity contribution >= 4 is 28.7 Å². The fraction of sp³-hybridized carbons (Fsp3) is 0.316. The largest absolute Gasteiger partial charge is 0.458 e. The van der Waals surface area contributed by atoms with E-state index < -0.39 is 0 Å². The second-order valence-electron chi connectivity index (χ2n) is 6.35. The standard InChI is InChI=1S/C19H22INO2/c1-19(2,3)18(22-4)17(12-14-8-7-11-21-13-14)23-16-10-6-5-9-15(16)20/h5-13,18H,1-4H3. The van der Waals surface area contributed by atoms with Gasteiger partial charge < -0.3 is 9.47 Å². The summed E-state index contributed by atoms with van der Waals surface area (Å²) in [5, 5.41) is 0. The number of aromatic nitrogens is 1. The molecule has 0 aliphatic heterocycles. The molecule has 122 valence electrons. The highest BCUT2D eigenvalue weighted by Crippen LogP contribution is 2.32. The topological polar surface area (TPSA) is 31.4 Å². The van der Waals surface area contributed by atoms with E-state index in [9.17, 15) is 0 Å². The predicted octanol–water partition coefficient (Wildman–Crippen LogP) is 5.17. The molecule has 0 radical (unpaired) electrons. The van der Waals surface area contributed by atoms with Crippen LogP contribution in [0.25, 0.3) is 6.08 Å². The lowest BCUT2D eigenvalue weighted by atomic mass is 9.87. The molecule has 0 fully saturated rings. The van der Waals surface area contributed by atoms with Gasteiger partial charge in [0.25, 0.3) is 0 Å². The summed E-state index contributed by atoms with van der Waals surface area (Å²) in [5.41, 5.74) is 0.892. The first-order valence-electron chi connectivity index (χ1n) is 7.48. The maximum atomic E-state index is 6.23. The first-order valence-corrected chi connectivity index (χ1v) is 8.56. The van der Waals surface area contributed by atoms with Gasteiger partial charge in [-0.3, -0.25) is 4.98 Å². The van der Waals surface area contributed by atoms with Gasteiger partial charge in [-0.25, -0.2) is 0 Å². The predicted molar refractivity (Wildman–Crippen MR) is 102 cm³/mol. The number of hydrogen-bond acceptors (Lipinski definition) is 3. The van der Waals surface area contributed by atoms with Crippen molar-refractivity contribution < 1.29 is 9.47 Å². The highest BCUT2D eigenvalue weighted by atomic mass is 127. The zero-order valence-electron chi connectivity index (χ0n) is 13.9. The van der Waals surface area contributed by atoms with Crippen molar-refractivity contribution in [3.8, 4) is 5.75 Å². The van der Waals surface area contributed by atoms with Crippen LogP contribution in [0.3, 0.4) is 0 Å². The molecule has 23 heavy (non-hydrogen) atoms. The average Bonchev–Trinajstić information content (AvgIpc) is 2.50. The van der Waals surface area contributed by atoms with E-state index in [-0.39, 0.29) is 11.5 Å². The smallest absolute Gasteiger partial charge is 0.140 e. The van der Waals surface area contributed by atoms with Gasteiger partial charge in [0.15, 0.2) is 0 Å². The highest BCUT2D eigenvalue weighted by Gasteiger charge is 2.30. The lowest BCUT2D eigenvalue weighted by Gasteiger charge is -2.31. The Morgan fingerprint density at radius 2 is 1.91 bits per heavy atom. The number of methoxy groups -OCH3 is 1. The van der Waals surface area contributed by atoms with Crippen LogP contribution in [0.1, 0.15) is 26.3 Å². The van der Waals surface area contributed by atoms with E-state index in [0.29, 0.717) is 0 Å². The molecule has 1 aromatic heterocycles. The Bertz CT molecular complexity index is 663. The van der Waals surface area contributed by atoms with Crippen LogP contribution >= 0.6 is 22.6 Å². The molecule has 2 aromatic rings. The molecule has 2 rings (SSSR count). The Balaban J connectivity index is 2.43. The number of halogens is 1. The van der Waals surface area contributed by atoms with Gasteiger partial charge in [0, 0.05) is 19.5 Å². The molecule has 0 N–H and O–H groups in total. The lowest BCUT2D eigenvalue weighted by Crippen LogP contribution is -2.32. The van der Waals surface area contributed by atoms with E-state index in [1.807, 2.05) is 48.7 Å². The monoisotopic (exact) mass is 423 g/mol. The fourth-order valence-electron chi connectivity index (χ4n) is 2.34. The number of benzene rings is 1. The summed E-state index contributed by atoms with van der Waals surface area (Å²) in [4.78, 5) is 4.17. The molecule has 1 atom stereocenters. The quantitative estimate of drug-likeness (QED) is 0.492. The number of para-hydroxylation sites is 1. The minimum absolute atomic E-state index is 0.0942. The molecule has 1 heterocycles. The summed E-state index contributed by atoms with van der Waals surface area (Å²) in [6.45, 7) is 6.41. The zero-order chi connectivity index (χ0) is 16.9. The molecular formula is C19H22INO2. The summed E-state index contributed by atoms with van der Waals surface area (Å²) in [6, 6.07) is 11.9. The van der Waals surface area contributed by atoms with E-state index in [1.54, 1.807) is 13.3 Å². The first kappa shape index (κ1) is 17.9. The Kier molecular flexibility index (Phi) is 6.18. The third-order valence-electron chi connectivity index (χ3n) is 3.34. The normalized spacial score (nSPS) is 13.7. The Morgan fingerprint density at radius 3 is 2.48 bits per heavy atom. The van der Waals surface area contributed by atoms with Gasteiger partial charge in [-0.15, -0.1) is 0 Å². The average molecular weight is 423 g/mol. The van der Waals surface area contributed by atoms with Crippen molar-refractivity contribution in [3.63, 3.8) is 0 Å². The van der Waals surface area contributed by atoms with Crippen LogP contribution in [0.15, 0.2) is 54.6 Å². The van der Waals surface area contributed by atoms with Crippen LogP contribution in [0, 0.1) is 8.99 Å². The molecule has 0 saturated carbocycles. The van der Waals surface area contributed by atoms with E-state index >= 15 is 0 Å². The van der Waals surface area contributed by atoms with Crippen LogP contribution < -0.4 is 4.74 Å². The van der Waals surface area contributed by atoms with Gasteiger partial charge in [-0.2, -0.15) is 0 Å². The SMILES string of the molecule is COC(C(=Cc1cccnc1)Oc1ccccc1I)C(C)(C)C. The molecule has 0 aliphatic carbocycles. The molecule has 0 bridgehead atoms. The van der Waals surface area contributed by atoms with Gasteiger partial charge in [0.2, 0.25) is 0 Å². The maximum absolute atomic E-state index is 6.23. The maximum Gasteiger partial charge on any atom is 0.140 e. The number of hydrogen-bond donors (Lipinski definition) is 0. The summed E-state index contributed by atoms with van der Waals surface area (Å²) < 4.78 is 13.0. The molecule has 1 aromatic carbocycles. The van der Waals surface area contributed by atoms with Gasteiger partial charge in [0.1, 0.15) is 17.6 Å². The molecule has 0 amide bonds. The zero-order valence-corrected chi connectivity index (χ0v) is 16.1. The van der Waals surface area contributed by atoms with Crippen LogP contribution in [0.4, 0.5) is 0 Å². The molecule has 0 aliphatic rings. The van der Waals surface area contributed by atoms with Gasteiger partial charge in [-0.05, 0) is 57.8 Å². The Labute approximate surface area is 151 Å². The van der Waals surface area contributed by atoms with E-state index in [0.717, 1.165) is 20.6 Å². The van der Waals surface area contributed by atoms with E-state index in [2.05, 4.69) is 48.3 Å². The van der Waals surface area contributed by atoms with E-state index in [4.69, 9.17) is 9.47 Å². The van der Waals surface area contributed by atoms with Crippen LogP contribution in [0.2, 0.25) is 0 Å². The van der Waals surface area contributed by atoms with Gasteiger partial charge >= 0.3 is 0 Å². The van der Waals surface area contributed by atoms with Crippen LogP contribution in [-0.2, 0) is 4.74 Å². The third kappa shape index (κ3) is 5.04. The Morgan fingerprint density at radius 1 is 1.17 bits per heavy atom. The lowest BCUT2D eigenvalue weighted by molar-refractivity contribution is 0.0206. The van der Waals surface area contributed by atoms with Gasteiger partial charge in [0.05, 0.1) is 3.57 Å². The van der Waals surface area contributed by atoms with Crippen molar-refractivity contribution in [1.29, 1.82) is 0 Å². The molecule has 0 saturated heterocycles. The van der Waals surface area contributed by atoms with E-state index in [1.165, 1.54) is 0 Å². The minimum Gasteiger partial charge on any atom is -0.458 e. The highest BCUT2D eigenvalue weighted by molar-refractivity contribution is 14.1. The van der Waals surface area contributed by atoms with Crippen LogP contribution in [-0.4, -0.2) is 18.2 Å². The number of nitrogens with zero attached hydrogens (tertiary/aromatic N) is 1. The van der Waals surface area contributed by atoms with Crippen LogP contribution in [0.5, 0.6) is 5.75 Å². The molecule has 4 heteroatoms. The van der Waals surface area contributed by atoms with Crippen molar-refractivity contribution in [3.05, 3.63) is 63.7 Å². The minimum atomic E-state index is -0.168.